The van der Waals surface area contributed by atoms with Gasteiger partial charge in [-0.2, -0.15) is 13.2 Å². The highest BCUT2D eigenvalue weighted by Crippen LogP contribution is 2.38. The van der Waals surface area contributed by atoms with Crippen molar-refractivity contribution in [1.82, 2.24) is 5.32 Å². The molecule has 0 aliphatic heterocycles. The van der Waals surface area contributed by atoms with Crippen LogP contribution in [0.25, 0.3) is 0 Å². The lowest BCUT2D eigenvalue weighted by atomic mass is 10.2. The third kappa shape index (κ3) is 4.60. The van der Waals surface area contributed by atoms with Crippen molar-refractivity contribution in [2.45, 2.75) is 12.7 Å². The molecule has 1 heterocycles. The van der Waals surface area contributed by atoms with E-state index in [0.717, 1.165) is 10.9 Å². The molecule has 22 heavy (non-hydrogen) atoms. The van der Waals surface area contributed by atoms with Crippen molar-refractivity contribution in [2.24, 2.45) is 0 Å². The Balaban J connectivity index is 1.98. The van der Waals surface area contributed by atoms with Gasteiger partial charge in [0.25, 0.3) is 5.91 Å². The minimum atomic E-state index is -4.52. The lowest BCUT2D eigenvalue weighted by Crippen LogP contribution is -2.28. The van der Waals surface area contributed by atoms with Crippen LogP contribution in [0.3, 0.4) is 0 Å². The van der Waals surface area contributed by atoms with Crippen molar-refractivity contribution in [2.75, 3.05) is 6.61 Å². The normalized spacial score (nSPS) is 11.3. The lowest BCUT2D eigenvalue weighted by Gasteiger charge is -2.15. The van der Waals surface area contributed by atoms with Crippen molar-refractivity contribution in [3.05, 3.63) is 49.7 Å². The minimum absolute atomic E-state index is 0.304. The average Bonchev–Trinajstić information content (AvgIpc) is 2.95. The molecule has 1 aromatic carbocycles. The van der Waals surface area contributed by atoms with Crippen LogP contribution in [-0.4, -0.2) is 12.5 Å². The number of thiophene rings is 1. The number of alkyl halides is 3. The van der Waals surface area contributed by atoms with Gasteiger partial charge in [0.2, 0.25) is 0 Å². The van der Waals surface area contributed by atoms with Crippen LogP contribution >= 0.6 is 33.9 Å². The van der Waals surface area contributed by atoms with E-state index in [4.69, 9.17) is 4.74 Å². The zero-order chi connectivity index (χ0) is 16.2. The van der Waals surface area contributed by atoms with Crippen LogP contribution in [0, 0.1) is 3.57 Å². The second-order valence-corrected chi connectivity index (χ2v) is 6.45. The van der Waals surface area contributed by atoms with Gasteiger partial charge in [-0.15, -0.1) is 11.3 Å². The molecular weight excluding hydrogens is 430 g/mol. The number of para-hydroxylation sites is 1. The van der Waals surface area contributed by atoms with Crippen LogP contribution < -0.4 is 10.1 Å². The van der Waals surface area contributed by atoms with E-state index in [1.54, 1.807) is 22.6 Å². The Bertz CT molecular complexity index is 644. The molecule has 0 unspecified atom stereocenters. The molecule has 0 radical (unpaired) electrons. The summed E-state index contributed by atoms with van der Waals surface area (Å²) in [5.74, 6) is -0.789. The zero-order valence-electron chi connectivity index (χ0n) is 11.1. The topological polar surface area (TPSA) is 38.3 Å². The highest BCUT2D eigenvalue weighted by atomic mass is 127. The predicted molar refractivity (Wildman–Crippen MR) is 85.8 cm³/mol. The third-order valence-electron chi connectivity index (χ3n) is 2.66. The number of benzene rings is 1. The summed E-state index contributed by atoms with van der Waals surface area (Å²) in [6.07, 6.45) is -4.52. The number of hydrogen-bond acceptors (Lipinski definition) is 3. The maximum absolute atomic E-state index is 12.9. The van der Waals surface area contributed by atoms with Gasteiger partial charge in [0, 0.05) is 4.88 Å². The van der Waals surface area contributed by atoms with E-state index in [9.17, 15) is 18.0 Å². The number of carbonyl (C=O) groups excluding carboxylic acids is 1. The fraction of sp³-hybridized carbons (Fsp3) is 0.214. The summed E-state index contributed by atoms with van der Waals surface area (Å²) in [6, 6.07) is 7.43. The van der Waals surface area contributed by atoms with Crippen LogP contribution in [0.2, 0.25) is 0 Å². The van der Waals surface area contributed by atoms with Gasteiger partial charge in [0.1, 0.15) is 5.75 Å². The maximum atomic E-state index is 12.9. The summed E-state index contributed by atoms with van der Waals surface area (Å²) in [5, 5.41) is 4.47. The molecule has 1 amide bonds. The molecule has 0 saturated heterocycles. The van der Waals surface area contributed by atoms with E-state index in [2.05, 4.69) is 5.32 Å². The summed E-state index contributed by atoms with van der Waals surface area (Å²) in [6.45, 7) is -0.133. The number of ether oxygens (including phenoxy) is 1. The lowest BCUT2D eigenvalue weighted by molar-refractivity contribution is -0.139. The van der Waals surface area contributed by atoms with Gasteiger partial charge in [-0.1, -0.05) is 12.1 Å². The zero-order valence-corrected chi connectivity index (χ0v) is 14.1. The van der Waals surface area contributed by atoms with Crippen molar-refractivity contribution in [3.63, 3.8) is 0 Å². The molecule has 0 aliphatic rings. The molecule has 8 heteroatoms. The standard InChI is InChI=1S/C14H11F3INO2S/c15-14(16,17)10-4-1-5-11(18)13(10)21-8-12(20)19-7-9-3-2-6-22-9/h1-6H,7-8H2,(H,19,20). The molecule has 1 N–H and O–H groups in total. The summed E-state index contributed by atoms with van der Waals surface area (Å²) in [7, 11) is 0. The number of hydrogen-bond donors (Lipinski definition) is 1. The molecule has 0 aliphatic carbocycles. The Labute approximate surface area is 142 Å². The van der Waals surface area contributed by atoms with Crippen LogP contribution in [0.15, 0.2) is 35.7 Å². The largest absolute Gasteiger partial charge is 0.482 e. The van der Waals surface area contributed by atoms with Crippen molar-refractivity contribution >= 4 is 39.8 Å². The van der Waals surface area contributed by atoms with E-state index in [1.165, 1.54) is 23.5 Å². The SMILES string of the molecule is O=C(COc1c(I)cccc1C(F)(F)F)NCc1cccs1. The van der Waals surface area contributed by atoms with Crippen LogP contribution in [0.1, 0.15) is 10.4 Å². The second kappa shape index (κ2) is 7.32. The Hall–Kier alpha value is -1.29. The first kappa shape index (κ1) is 17.1. The fourth-order valence-electron chi connectivity index (χ4n) is 1.67. The van der Waals surface area contributed by atoms with Crippen LogP contribution in [0.5, 0.6) is 5.75 Å². The Morgan fingerprint density at radius 1 is 1.27 bits per heavy atom. The molecule has 0 atom stereocenters. The van der Waals surface area contributed by atoms with Crippen molar-refractivity contribution in [3.8, 4) is 5.75 Å². The maximum Gasteiger partial charge on any atom is 0.420 e. The highest BCUT2D eigenvalue weighted by Gasteiger charge is 2.35. The summed E-state index contributed by atoms with van der Waals surface area (Å²) in [4.78, 5) is 12.6. The van der Waals surface area contributed by atoms with Gasteiger partial charge < -0.3 is 10.1 Å². The number of carbonyl (C=O) groups is 1. The van der Waals surface area contributed by atoms with Gasteiger partial charge in [0.15, 0.2) is 6.61 Å². The van der Waals surface area contributed by atoms with Crippen LogP contribution in [-0.2, 0) is 17.5 Å². The monoisotopic (exact) mass is 441 g/mol. The molecule has 0 fully saturated rings. The first-order valence-corrected chi connectivity index (χ1v) is 8.11. The Morgan fingerprint density at radius 3 is 2.68 bits per heavy atom. The fourth-order valence-corrected chi connectivity index (χ4v) is 2.96. The molecule has 0 spiro atoms. The van der Waals surface area contributed by atoms with Gasteiger partial charge in [-0.25, -0.2) is 0 Å². The van der Waals surface area contributed by atoms with E-state index >= 15 is 0 Å². The molecule has 3 nitrogen and oxygen atoms in total. The van der Waals surface area contributed by atoms with E-state index in [0.29, 0.717) is 10.1 Å². The first-order chi connectivity index (χ1) is 10.4. The smallest absolute Gasteiger partial charge is 0.420 e. The van der Waals surface area contributed by atoms with E-state index in [-0.39, 0.29) is 5.75 Å². The predicted octanol–water partition coefficient (Wildman–Crippen LogP) is 4.07. The number of amides is 1. The first-order valence-electron chi connectivity index (χ1n) is 6.15. The molecule has 1 aromatic heterocycles. The molecule has 2 aromatic rings. The highest BCUT2D eigenvalue weighted by molar-refractivity contribution is 14.1. The average molecular weight is 441 g/mol. The number of nitrogens with one attached hydrogen (secondary N) is 1. The number of halogens is 4. The quantitative estimate of drug-likeness (QED) is 0.711. The van der Waals surface area contributed by atoms with Gasteiger partial charge in [0.05, 0.1) is 15.7 Å². The van der Waals surface area contributed by atoms with E-state index < -0.39 is 24.3 Å². The third-order valence-corrected chi connectivity index (χ3v) is 4.39. The van der Waals surface area contributed by atoms with E-state index in [1.807, 2.05) is 17.5 Å². The molecule has 0 bridgehead atoms. The van der Waals surface area contributed by atoms with Gasteiger partial charge in [-0.3, -0.25) is 4.79 Å². The second-order valence-electron chi connectivity index (χ2n) is 4.26. The van der Waals surface area contributed by atoms with Crippen LogP contribution in [0.4, 0.5) is 13.2 Å². The summed E-state index contributed by atoms with van der Waals surface area (Å²) < 4.78 is 44.1. The summed E-state index contributed by atoms with van der Waals surface area (Å²) in [5.41, 5.74) is -0.884. The Morgan fingerprint density at radius 2 is 2.05 bits per heavy atom. The van der Waals surface area contributed by atoms with Crippen molar-refractivity contribution in [1.29, 1.82) is 0 Å². The molecule has 0 saturated carbocycles. The molecule has 118 valence electrons. The minimum Gasteiger partial charge on any atom is -0.482 e. The van der Waals surface area contributed by atoms with Crippen molar-refractivity contribution < 1.29 is 22.7 Å². The summed E-state index contributed by atoms with van der Waals surface area (Å²) >= 11 is 3.23. The molecule has 2 rings (SSSR count). The Kier molecular flexibility index (Phi) is 5.68. The van der Waals surface area contributed by atoms with Gasteiger partial charge in [-0.05, 0) is 46.2 Å². The number of rotatable bonds is 5. The molecular formula is C14H11F3INO2S. The van der Waals surface area contributed by atoms with Gasteiger partial charge >= 0.3 is 6.18 Å².